The van der Waals surface area contributed by atoms with Crippen LogP contribution in [-0.4, -0.2) is 20.4 Å². The zero-order chi connectivity index (χ0) is 16.5. The van der Waals surface area contributed by atoms with Gasteiger partial charge in [0.05, 0.1) is 5.69 Å². The standard InChI is InChI=1S/C17H10F2N4O/c18-12-4-1-10(2-5-12)3-6-15-13-7-11(17-23-20-9-24-17)8-14(19)16(13)22-21-15/h1-9H,(H,21,22)/b6-3+. The van der Waals surface area contributed by atoms with Crippen LogP contribution in [0.15, 0.2) is 47.2 Å². The maximum absolute atomic E-state index is 14.2. The van der Waals surface area contributed by atoms with Crippen LogP contribution in [0.4, 0.5) is 8.78 Å². The summed E-state index contributed by atoms with van der Waals surface area (Å²) in [4.78, 5) is 0. The monoisotopic (exact) mass is 324 g/mol. The predicted octanol–water partition coefficient (Wildman–Crippen LogP) is 4.06. The largest absolute Gasteiger partial charge is 0.423 e. The number of fused-ring (bicyclic) bond motifs is 1. The average molecular weight is 324 g/mol. The first-order chi connectivity index (χ1) is 11.7. The molecule has 24 heavy (non-hydrogen) atoms. The maximum atomic E-state index is 14.2. The van der Waals surface area contributed by atoms with Gasteiger partial charge in [-0.15, -0.1) is 10.2 Å². The second kappa shape index (κ2) is 5.69. The van der Waals surface area contributed by atoms with Gasteiger partial charge in [0.15, 0.2) is 5.82 Å². The van der Waals surface area contributed by atoms with E-state index in [4.69, 9.17) is 4.42 Å². The highest BCUT2D eigenvalue weighted by Gasteiger charge is 2.13. The summed E-state index contributed by atoms with van der Waals surface area (Å²) in [5.41, 5.74) is 2.12. The van der Waals surface area contributed by atoms with Crippen molar-refractivity contribution in [2.45, 2.75) is 0 Å². The summed E-state index contributed by atoms with van der Waals surface area (Å²) in [5.74, 6) is -0.561. The number of benzene rings is 2. The highest BCUT2D eigenvalue weighted by molar-refractivity contribution is 5.92. The summed E-state index contributed by atoms with van der Waals surface area (Å²) in [6.07, 6.45) is 4.71. The van der Waals surface area contributed by atoms with Gasteiger partial charge in [0.2, 0.25) is 12.3 Å². The molecule has 4 rings (SSSR count). The first kappa shape index (κ1) is 14.3. The van der Waals surface area contributed by atoms with Gasteiger partial charge in [-0.2, -0.15) is 5.10 Å². The van der Waals surface area contributed by atoms with Gasteiger partial charge >= 0.3 is 0 Å². The highest BCUT2D eigenvalue weighted by Crippen LogP contribution is 2.27. The van der Waals surface area contributed by atoms with Crippen molar-refractivity contribution in [3.05, 3.63) is 65.7 Å². The van der Waals surface area contributed by atoms with E-state index < -0.39 is 5.82 Å². The van der Waals surface area contributed by atoms with Crippen LogP contribution in [-0.2, 0) is 0 Å². The van der Waals surface area contributed by atoms with E-state index >= 15 is 0 Å². The molecule has 118 valence electrons. The lowest BCUT2D eigenvalue weighted by molar-refractivity contribution is 0.567. The number of hydrogen-bond donors (Lipinski definition) is 1. The van der Waals surface area contributed by atoms with Crippen LogP contribution in [0.25, 0.3) is 34.5 Å². The normalized spacial score (nSPS) is 11.6. The Kier molecular flexibility index (Phi) is 3.38. The van der Waals surface area contributed by atoms with Crippen LogP contribution in [0.1, 0.15) is 11.3 Å². The minimum absolute atomic E-state index is 0.219. The van der Waals surface area contributed by atoms with Gasteiger partial charge < -0.3 is 4.42 Å². The molecule has 0 unspecified atom stereocenters. The van der Waals surface area contributed by atoms with Gasteiger partial charge in [-0.05, 0) is 35.9 Å². The van der Waals surface area contributed by atoms with E-state index in [1.165, 1.54) is 24.6 Å². The number of nitrogens with one attached hydrogen (secondary N) is 1. The fraction of sp³-hybridized carbons (Fsp3) is 0. The van der Waals surface area contributed by atoms with Crippen LogP contribution < -0.4 is 0 Å². The molecular weight excluding hydrogens is 314 g/mol. The summed E-state index contributed by atoms with van der Waals surface area (Å²) in [6.45, 7) is 0. The van der Waals surface area contributed by atoms with Crippen molar-refractivity contribution >= 4 is 23.1 Å². The summed E-state index contributed by atoms with van der Waals surface area (Å²) >= 11 is 0. The van der Waals surface area contributed by atoms with Gasteiger partial charge in [-0.1, -0.05) is 18.2 Å². The van der Waals surface area contributed by atoms with E-state index in [2.05, 4.69) is 20.4 Å². The lowest BCUT2D eigenvalue weighted by atomic mass is 10.1. The minimum atomic E-state index is -0.488. The van der Waals surface area contributed by atoms with E-state index in [9.17, 15) is 8.78 Å². The fourth-order valence-corrected chi connectivity index (χ4v) is 2.40. The predicted molar refractivity (Wildman–Crippen MR) is 84.7 cm³/mol. The first-order valence-corrected chi connectivity index (χ1v) is 7.08. The molecule has 0 saturated carbocycles. The van der Waals surface area contributed by atoms with E-state index in [0.717, 1.165) is 5.56 Å². The Morgan fingerprint density at radius 2 is 1.88 bits per heavy atom. The van der Waals surface area contributed by atoms with Crippen molar-refractivity contribution in [1.29, 1.82) is 0 Å². The lowest BCUT2D eigenvalue weighted by Crippen LogP contribution is -1.84. The van der Waals surface area contributed by atoms with E-state index in [1.807, 2.05) is 0 Å². The number of H-pyrrole nitrogens is 1. The molecule has 0 amide bonds. The van der Waals surface area contributed by atoms with Crippen LogP contribution in [0, 0.1) is 11.6 Å². The number of halogens is 2. The Balaban J connectivity index is 1.77. The summed E-state index contributed by atoms with van der Waals surface area (Å²) in [5, 5.41) is 14.7. The van der Waals surface area contributed by atoms with Crippen molar-refractivity contribution in [3.63, 3.8) is 0 Å². The third kappa shape index (κ3) is 2.56. The fourth-order valence-electron chi connectivity index (χ4n) is 2.40. The van der Waals surface area contributed by atoms with Gasteiger partial charge in [0.1, 0.15) is 11.3 Å². The molecule has 7 heteroatoms. The molecule has 0 fully saturated rings. The number of aromatic amines is 1. The highest BCUT2D eigenvalue weighted by atomic mass is 19.1. The van der Waals surface area contributed by atoms with Crippen molar-refractivity contribution in [2.24, 2.45) is 0 Å². The van der Waals surface area contributed by atoms with Crippen LogP contribution in [0.3, 0.4) is 0 Å². The molecular formula is C17H10F2N4O. The van der Waals surface area contributed by atoms with E-state index in [1.54, 1.807) is 30.4 Å². The number of rotatable bonds is 3. The Bertz CT molecular complexity index is 1020. The number of hydrogen-bond acceptors (Lipinski definition) is 4. The van der Waals surface area contributed by atoms with Crippen molar-refractivity contribution in [1.82, 2.24) is 20.4 Å². The summed E-state index contributed by atoms with van der Waals surface area (Å²) < 4.78 is 32.3. The molecule has 0 aliphatic rings. The molecule has 0 saturated heterocycles. The summed E-state index contributed by atoms with van der Waals surface area (Å²) in [7, 11) is 0. The van der Waals surface area contributed by atoms with Crippen molar-refractivity contribution in [3.8, 4) is 11.5 Å². The Morgan fingerprint density at radius 1 is 1.04 bits per heavy atom. The van der Waals surface area contributed by atoms with E-state index in [-0.39, 0.29) is 17.2 Å². The minimum Gasteiger partial charge on any atom is -0.423 e. The number of nitrogens with zero attached hydrogens (tertiary/aromatic N) is 3. The van der Waals surface area contributed by atoms with Gasteiger partial charge in [-0.3, -0.25) is 5.10 Å². The molecule has 5 nitrogen and oxygen atoms in total. The first-order valence-electron chi connectivity index (χ1n) is 7.08. The zero-order valence-electron chi connectivity index (χ0n) is 12.2. The summed E-state index contributed by atoms with van der Waals surface area (Å²) in [6, 6.07) is 9.06. The van der Waals surface area contributed by atoms with E-state index in [0.29, 0.717) is 16.6 Å². The second-order valence-corrected chi connectivity index (χ2v) is 5.12. The van der Waals surface area contributed by atoms with Crippen molar-refractivity contribution in [2.75, 3.05) is 0 Å². The third-order valence-corrected chi connectivity index (χ3v) is 3.56. The number of aromatic nitrogens is 4. The Morgan fingerprint density at radius 3 is 2.62 bits per heavy atom. The molecule has 0 bridgehead atoms. The van der Waals surface area contributed by atoms with Crippen LogP contribution >= 0.6 is 0 Å². The Labute approximate surface area is 134 Å². The topological polar surface area (TPSA) is 67.6 Å². The quantitative estimate of drug-likeness (QED) is 0.617. The van der Waals surface area contributed by atoms with Gasteiger partial charge in [0.25, 0.3) is 0 Å². The maximum Gasteiger partial charge on any atom is 0.247 e. The average Bonchev–Trinajstić information content (AvgIpc) is 3.24. The molecule has 0 spiro atoms. The Hall–Kier alpha value is -3.35. The molecule has 0 aliphatic heterocycles. The van der Waals surface area contributed by atoms with Gasteiger partial charge in [0, 0.05) is 10.9 Å². The molecule has 2 aromatic heterocycles. The molecule has 1 N–H and O–H groups in total. The van der Waals surface area contributed by atoms with Gasteiger partial charge in [-0.25, -0.2) is 8.78 Å². The van der Waals surface area contributed by atoms with Crippen molar-refractivity contribution < 1.29 is 13.2 Å². The third-order valence-electron chi connectivity index (χ3n) is 3.56. The molecule has 0 radical (unpaired) electrons. The van der Waals surface area contributed by atoms with Crippen LogP contribution in [0.5, 0.6) is 0 Å². The molecule has 2 aromatic carbocycles. The molecule has 4 aromatic rings. The second-order valence-electron chi connectivity index (χ2n) is 5.12. The molecule has 0 atom stereocenters. The van der Waals surface area contributed by atoms with Crippen LogP contribution in [0.2, 0.25) is 0 Å². The lowest BCUT2D eigenvalue weighted by Gasteiger charge is -1.98. The smallest absolute Gasteiger partial charge is 0.247 e. The SMILES string of the molecule is Fc1ccc(/C=C/c2[nH]nc3c(F)cc(-c4nnco4)cc23)cc1. The zero-order valence-corrected chi connectivity index (χ0v) is 12.2. The molecule has 2 heterocycles. The molecule has 0 aliphatic carbocycles.